The minimum Gasteiger partial charge on any atom is -0.507 e. The zero-order valence-electron chi connectivity index (χ0n) is 52.4. The SMILES string of the molecule is C=C/C=C(/C=C/C=C1/N(CCOCCOCCOCCOCCOCCOCCC(=O)ON2C(=O)CCC2=O)c2ccc(S(=O)(=O)O)cc2C1(C)CCCS(=O)(=O)O)c1ccc(N(CCCS(=O)(=O)O)CCOCCOCCOCCOCCOCCOC)cc1O. The Morgan fingerprint density at radius 1 is 0.620 bits per heavy atom. The Morgan fingerprint density at radius 3 is 1.58 bits per heavy atom. The van der Waals surface area contributed by atoms with Gasteiger partial charge in [0.1, 0.15) is 5.75 Å². The summed E-state index contributed by atoms with van der Waals surface area (Å²) in [5.74, 6) is -3.05. The fourth-order valence-corrected chi connectivity index (χ4v) is 10.8. The molecule has 32 heteroatoms. The van der Waals surface area contributed by atoms with Gasteiger partial charge in [-0.1, -0.05) is 30.9 Å². The van der Waals surface area contributed by atoms with E-state index in [0.29, 0.717) is 131 Å². The third-order valence-electron chi connectivity index (χ3n) is 13.8. The molecule has 0 aliphatic carbocycles. The number of phenols is 1. The van der Waals surface area contributed by atoms with Crippen molar-refractivity contribution >= 4 is 65.1 Å². The van der Waals surface area contributed by atoms with E-state index >= 15 is 0 Å². The van der Waals surface area contributed by atoms with E-state index in [2.05, 4.69) is 6.58 Å². The van der Waals surface area contributed by atoms with Gasteiger partial charge in [0.25, 0.3) is 42.2 Å². The van der Waals surface area contributed by atoms with E-state index in [4.69, 9.17) is 61.7 Å². The van der Waals surface area contributed by atoms with Crippen LogP contribution in [0.5, 0.6) is 5.75 Å². The van der Waals surface area contributed by atoms with Crippen molar-refractivity contribution in [1.82, 2.24) is 5.06 Å². The van der Waals surface area contributed by atoms with Gasteiger partial charge in [0.05, 0.1) is 175 Å². The summed E-state index contributed by atoms with van der Waals surface area (Å²) in [6.45, 7) is 13.5. The lowest BCUT2D eigenvalue weighted by Gasteiger charge is -2.30. The van der Waals surface area contributed by atoms with Crippen molar-refractivity contribution < 1.29 is 120 Å². The summed E-state index contributed by atoms with van der Waals surface area (Å²) in [6, 6.07) is 9.09. The summed E-state index contributed by atoms with van der Waals surface area (Å²) in [5.41, 5.74) is 1.95. The van der Waals surface area contributed by atoms with Gasteiger partial charge in [-0.25, -0.2) is 4.79 Å². The van der Waals surface area contributed by atoms with Gasteiger partial charge < -0.3 is 76.6 Å². The Hall–Kier alpha value is -5.34. The Bertz CT molecular complexity index is 2980. The first-order chi connectivity index (χ1) is 44.1. The van der Waals surface area contributed by atoms with Gasteiger partial charge in [-0.2, -0.15) is 25.3 Å². The van der Waals surface area contributed by atoms with Crippen LogP contribution in [-0.4, -0.2) is 257 Å². The molecule has 2 aromatic carbocycles. The van der Waals surface area contributed by atoms with E-state index in [-0.39, 0.29) is 128 Å². The third-order valence-corrected chi connectivity index (χ3v) is 16.3. The van der Waals surface area contributed by atoms with E-state index in [9.17, 15) is 58.4 Å². The van der Waals surface area contributed by atoms with Gasteiger partial charge in [-0.3, -0.25) is 23.2 Å². The molecule has 4 rings (SSSR count). The number of ether oxygens (including phenoxy) is 12. The van der Waals surface area contributed by atoms with Gasteiger partial charge >= 0.3 is 5.97 Å². The Labute approximate surface area is 539 Å². The topological polar surface area (TPSA) is 364 Å². The molecule has 1 fully saturated rings. The number of fused-ring (bicyclic) bond motifs is 1. The first kappa shape index (κ1) is 79.1. The molecule has 2 aliphatic rings. The number of nitrogens with zero attached hydrogens (tertiary/aromatic N) is 3. The quantitative estimate of drug-likeness (QED) is 0.0314. The minimum atomic E-state index is -4.68. The fraction of sp³-hybridized carbons (Fsp3) is 0.617. The summed E-state index contributed by atoms with van der Waals surface area (Å²) in [5, 5.41) is 12.1. The summed E-state index contributed by atoms with van der Waals surface area (Å²) in [6.07, 6.45) is 8.42. The molecule has 4 N–H and O–H groups in total. The maximum atomic E-state index is 12.5. The Balaban J connectivity index is 1.30. The summed E-state index contributed by atoms with van der Waals surface area (Å²) in [7, 11) is -11.7. The number of phenolic OH excluding ortho intramolecular Hbond substituents is 1. The lowest BCUT2D eigenvalue weighted by Crippen LogP contribution is -2.32. The molecular formula is C60H91N3O26S3. The second kappa shape index (κ2) is 43.6. The smallest absolute Gasteiger partial charge is 0.335 e. The molecule has 0 aromatic heterocycles. The van der Waals surface area contributed by atoms with Gasteiger partial charge in [-0.05, 0) is 73.7 Å². The van der Waals surface area contributed by atoms with Crippen molar-refractivity contribution in [2.45, 2.75) is 55.8 Å². The molecule has 0 bridgehead atoms. The first-order valence-corrected chi connectivity index (χ1v) is 34.7. The van der Waals surface area contributed by atoms with Crippen LogP contribution >= 0.6 is 0 Å². The highest BCUT2D eigenvalue weighted by Crippen LogP contribution is 2.51. The summed E-state index contributed by atoms with van der Waals surface area (Å²) >= 11 is 0. The van der Waals surface area contributed by atoms with E-state index in [1.807, 2.05) is 9.80 Å². The molecule has 0 radical (unpaired) electrons. The molecule has 520 valence electrons. The second-order valence-corrected chi connectivity index (χ2v) is 25.2. The highest BCUT2D eigenvalue weighted by molar-refractivity contribution is 7.86. The first-order valence-electron chi connectivity index (χ1n) is 30.1. The second-order valence-electron chi connectivity index (χ2n) is 20.6. The predicted molar refractivity (Wildman–Crippen MR) is 336 cm³/mol. The fourth-order valence-electron chi connectivity index (χ4n) is 9.29. The van der Waals surface area contributed by atoms with Crippen molar-refractivity contribution in [3.63, 3.8) is 0 Å². The third kappa shape index (κ3) is 31.3. The number of carbonyl (C=O) groups excluding carboxylic acids is 3. The average Bonchev–Trinajstić information content (AvgIpc) is 1.58. The molecule has 1 atom stereocenters. The maximum Gasteiger partial charge on any atom is 0.335 e. The number of carbonyl (C=O) groups is 3. The lowest BCUT2D eigenvalue weighted by molar-refractivity contribution is -0.198. The van der Waals surface area contributed by atoms with Crippen molar-refractivity contribution in [2.24, 2.45) is 0 Å². The molecule has 0 spiro atoms. The number of imide groups is 1. The molecule has 0 saturated carbocycles. The largest absolute Gasteiger partial charge is 0.507 e. The lowest BCUT2D eigenvalue weighted by atomic mass is 9.77. The molecular weight excluding hydrogens is 1270 g/mol. The average molecular weight is 1370 g/mol. The number of allylic oxidation sites excluding steroid dienone is 7. The molecule has 2 amide bonds. The van der Waals surface area contributed by atoms with Crippen LogP contribution in [0.2, 0.25) is 0 Å². The zero-order valence-corrected chi connectivity index (χ0v) is 54.9. The monoisotopic (exact) mass is 1370 g/mol. The van der Waals surface area contributed by atoms with Gasteiger partial charge in [0.15, 0.2) is 0 Å². The van der Waals surface area contributed by atoms with Crippen molar-refractivity contribution in [2.75, 3.05) is 200 Å². The highest BCUT2D eigenvalue weighted by Gasteiger charge is 2.44. The van der Waals surface area contributed by atoms with Gasteiger partial charge in [0.2, 0.25) is 0 Å². The number of amides is 2. The zero-order chi connectivity index (χ0) is 67.1. The Morgan fingerprint density at radius 2 is 1.10 bits per heavy atom. The van der Waals surface area contributed by atoms with Crippen LogP contribution in [0.25, 0.3) is 5.57 Å². The van der Waals surface area contributed by atoms with Crippen molar-refractivity contribution in [3.8, 4) is 5.75 Å². The van der Waals surface area contributed by atoms with E-state index in [1.54, 1.807) is 56.5 Å². The number of hydrogen-bond donors (Lipinski definition) is 4. The molecule has 2 aliphatic heterocycles. The van der Waals surface area contributed by atoms with E-state index < -0.39 is 65.1 Å². The summed E-state index contributed by atoms with van der Waals surface area (Å²) in [4.78, 5) is 43.0. The number of rotatable bonds is 54. The number of methoxy groups -OCH3 is 1. The molecule has 29 nitrogen and oxygen atoms in total. The van der Waals surface area contributed by atoms with Gasteiger partial charge in [-0.15, -0.1) is 5.06 Å². The number of benzene rings is 2. The van der Waals surface area contributed by atoms with Gasteiger partial charge in [0, 0.05) is 73.7 Å². The van der Waals surface area contributed by atoms with Crippen LogP contribution in [-0.2, 0) is 112 Å². The molecule has 1 saturated heterocycles. The molecule has 1 unspecified atom stereocenters. The Kier molecular flexibility index (Phi) is 37.5. The number of anilines is 2. The van der Waals surface area contributed by atoms with Crippen LogP contribution in [0.4, 0.5) is 11.4 Å². The van der Waals surface area contributed by atoms with E-state index in [1.165, 1.54) is 24.3 Å². The van der Waals surface area contributed by atoms with Crippen LogP contribution in [0, 0.1) is 0 Å². The van der Waals surface area contributed by atoms with Crippen LogP contribution < -0.4 is 9.80 Å². The number of hydroxylamine groups is 2. The normalized spacial score (nSPS) is 16.0. The van der Waals surface area contributed by atoms with E-state index in [0.717, 1.165) is 0 Å². The molecule has 2 aromatic rings. The van der Waals surface area contributed by atoms with Crippen LogP contribution in [0.3, 0.4) is 0 Å². The molecule has 92 heavy (non-hydrogen) atoms. The minimum absolute atomic E-state index is 0.0143. The predicted octanol–water partition coefficient (Wildman–Crippen LogP) is 4.00. The number of aromatic hydroxyl groups is 1. The number of hydrogen-bond acceptors (Lipinski definition) is 25. The molecule has 2 heterocycles. The van der Waals surface area contributed by atoms with Crippen molar-refractivity contribution in [1.29, 1.82) is 0 Å². The standard InChI is InChI=1S/C60H91N3O26S3/c1-4-8-49(52-13-11-50(47-55(52)64)61(19-7-46-91(71,72)73)20-23-79-28-31-83-36-39-87-42-41-85-34-33-81-26-25-77-3)9-5-10-56-60(2,18-6-45-90(68,69)70)53-48-51(92(74,75)76)12-14-54(53)62(56)21-24-80-29-32-84-37-40-88-44-43-86-38-35-82-30-27-78-22-17-59(67)89-63-57(65)15-16-58(63)66/h4-5,8-14,47-48,64H,1,6-7,15-46H2,2-3H3,(H,68,69,70)(H,71,72,73)(H,74,75,76)/b9-5+,49-8-,56-10+. The highest BCUT2D eigenvalue weighted by atomic mass is 32.2. The maximum absolute atomic E-state index is 12.5. The van der Waals surface area contributed by atoms with Crippen molar-refractivity contribution in [3.05, 3.63) is 90.2 Å². The summed E-state index contributed by atoms with van der Waals surface area (Å²) < 4.78 is 168. The van der Waals surface area contributed by atoms with Crippen LogP contribution in [0.1, 0.15) is 56.6 Å². The van der Waals surface area contributed by atoms with Crippen LogP contribution in [0.15, 0.2) is 83.9 Å².